The van der Waals surface area contributed by atoms with Gasteiger partial charge in [0.05, 0.1) is 16.1 Å². The van der Waals surface area contributed by atoms with Crippen molar-refractivity contribution in [2.75, 3.05) is 6.54 Å². The fourth-order valence-corrected chi connectivity index (χ4v) is 2.71. The molecule has 20 heavy (non-hydrogen) atoms. The van der Waals surface area contributed by atoms with Crippen molar-refractivity contribution in [2.24, 2.45) is 0 Å². The van der Waals surface area contributed by atoms with Crippen LogP contribution in [0.4, 0.5) is 0 Å². The lowest BCUT2D eigenvalue weighted by atomic mass is 9.98. The van der Waals surface area contributed by atoms with Gasteiger partial charge in [0.1, 0.15) is 0 Å². The number of sulfonamides is 1. The fourth-order valence-electron chi connectivity index (χ4n) is 1.59. The van der Waals surface area contributed by atoms with Crippen LogP contribution in [-0.4, -0.2) is 36.7 Å². The number of carboxylic acid groups (broad SMARTS) is 1. The Balaban J connectivity index is 2.86. The molecule has 0 heterocycles. The van der Waals surface area contributed by atoms with Crippen LogP contribution in [0.2, 0.25) is 0 Å². The second kappa shape index (κ2) is 6.34. The van der Waals surface area contributed by atoms with Crippen LogP contribution in [0.25, 0.3) is 0 Å². The van der Waals surface area contributed by atoms with Crippen molar-refractivity contribution in [3.05, 3.63) is 29.8 Å². The average molecular weight is 301 g/mol. The number of benzene rings is 1. The zero-order valence-corrected chi connectivity index (χ0v) is 12.3. The van der Waals surface area contributed by atoms with Crippen molar-refractivity contribution in [3.63, 3.8) is 0 Å². The summed E-state index contributed by atoms with van der Waals surface area (Å²) in [5.41, 5.74) is -1.06. The van der Waals surface area contributed by atoms with E-state index in [0.29, 0.717) is 12.8 Å². The monoisotopic (exact) mass is 301 g/mol. The molecule has 0 fully saturated rings. The van der Waals surface area contributed by atoms with Crippen LogP contribution < -0.4 is 4.72 Å². The number of nitrogens with one attached hydrogen (secondary N) is 1. The van der Waals surface area contributed by atoms with Crippen LogP contribution in [-0.2, 0) is 10.0 Å². The molecule has 0 spiro atoms. The van der Waals surface area contributed by atoms with Gasteiger partial charge < -0.3 is 10.2 Å². The molecule has 0 atom stereocenters. The molecule has 3 N–H and O–H groups in total. The largest absolute Gasteiger partial charge is 0.478 e. The van der Waals surface area contributed by atoms with Gasteiger partial charge in [-0.2, -0.15) is 0 Å². The van der Waals surface area contributed by atoms with E-state index in [4.69, 9.17) is 5.11 Å². The molecular formula is C13H19NO5S. The summed E-state index contributed by atoms with van der Waals surface area (Å²) in [7, 11) is -3.76. The molecule has 1 aromatic carbocycles. The predicted molar refractivity (Wildman–Crippen MR) is 74.1 cm³/mol. The van der Waals surface area contributed by atoms with Gasteiger partial charge >= 0.3 is 5.97 Å². The lowest BCUT2D eigenvalue weighted by Crippen LogP contribution is -2.41. The Morgan fingerprint density at radius 1 is 1.20 bits per heavy atom. The van der Waals surface area contributed by atoms with Crippen molar-refractivity contribution < 1.29 is 23.4 Å². The van der Waals surface area contributed by atoms with Crippen LogP contribution in [0.1, 0.15) is 37.0 Å². The number of rotatable bonds is 7. The maximum atomic E-state index is 12.0. The van der Waals surface area contributed by atoms with Crippen LogP contribution in [0.15, 0.2) is 29.2 Å². The summed E-state index contributed by atoms with van der Waals surface area (Å²) in [6.45, 7) is 3.47. The quantitative estimate of drug-likeness (QED) is 0.702. The minimum atomic E-state index is -3.76. The highest BCUT2D eigenvalue weighted by atomic mass is 32.2. The Morgan fingerprint density at radius 3 is 2.10 bits per heavy atom. The summed E-state index contributed by atoms with van der Waals surface area (Å²) in [6.07, 6.45) is 0.869. The highest BCUT2D eigenvalue weighted by Crippen LogP contribution is 2.16. The third-order valence-corrected chi connectivity index (χ3v) is 4.74. The lowest BCUT2D eigenvalue weighted by molar-refractivity contribution is 0.0377. The molecule has 0 bridgehead atoms. The van der Waals surface area contributed by atoms with Gasteiger partial charge in [-0.15, -0.1) is 0 Å². The Kier molecular flexibility index (Phi) is 5.27. The van der Waals surface area contributed by atoms with Gasteiger partial charge in [-0.3, -0.25) is 0 Å². The van der Waals surface area contributed by atoms with Gasteiger partial charge in [-0.1, -0.05) is 13.8 Å². The van der Waals surface area contributed by atoms with Crippen LogP contribution in [0, 0.1) is 0 Å². The summed E-state index contributed by atoms with van der Waals surface area (Å²) in [5.74, 6) is -1.12. The van der Waals surface area contributed by atoms with E-state index in [9.17, 15) is 18.3 Å². The molecule has 0 aliphatic carbocycles. The molecule has 112 valence electrons. The van der Waals surface area contributed by atoms with E-state index >= 15 is 0 Å². The molecule has 1 aromatic rings. The Morgan fingerprint density at radius 2 is 1.70 bits per heavy atom. The molecule has 0 unspecified atom stereocenters. The Bertz CT molecular complexity index is 561. The van der Waals surface area contributed by atoms with E-state index < -0.39 is 21.6 Å². The highest BCUT2D eigenvalue weighted by molar-refractivity contribution is 7.89. The van der Waals surface area contributed by atoms with Gasteiger partial charge in [0.25, 0.3) is 0 Å². The molecule has 0 aromatic heterocycles. The van der Waals surface area contributed by atoms with Crippen molar-refractivity contribution in [2.45, 2.75) is 37.2 Å². The number of aliphatic hydroxyl groups is 1. The van der Waals surface area contributed by atoms with E-state index in [2.05, 4.69) is 4.72 Å². The highest BCUT2D eigenvalue weighted by Gasteiger charge is 2.25. The van der Waals surface area contributed by atoms with Gasteiger partial charge in [-0.25, -0.2) is 17.9 Å². The molecule has 0 radical (unpaired) electrons. The third-order valence-electron chi connectivity index (χ3n) is 3.32. The van der Waals surface area contributed by atoms with Gasteiger partial charge in [0, 0.05) is 6.54 Å². The zero-order valence-electron chi connectivity index (χ0n) is 11.5. The first-order valence-corrected chi connectivity index (χ1v) is 7.78. The predicted octanol–water partition coefficient (Wildman–Crippen LogP) is 1.21. The van der Waals surface area contributed by atoms with Crippen molar-refractivity contribution in [3.8, 4) is 0 Å². The number of carbonyl (C=O) groups is 1. The summed E-state index contributed by atoms with van der Waals surface area (Å²) in [4.78, 5) is 10.7. The van der Waals surface area contributed by atoms with E-state index in [-0.39, 0.29) is 17.0 Å². The molecule has 6 nitrogen and oxygen atoms in total. The smallest absolute Gasteiger partial charge is 0.335 e. The number of carboxylic acids is 1. The number of aromatic carboxylic acids is 1. The maximum Gasteiger partial charge on any atom is 0.335 e. The molecule has 7 heteroatoms. The van der Waals surface area contributed by atoms with Crippen LogP contribution >= 0.6 is 0 Å². The van der Waals surface area contributed by atoms with Crippen LogP contribution in [0.3, 0.4) is 0 Å². The molecule has 0 amide bonds. The molecule has 0 aliphatic heterocycles. The topological polar surface area (TPSA) is 104 Å². The van der Waals surface area contributed by atoms with Gasteiger partial charge in [-0.05, 0) is 37.1 Å². The zero-order chi connectivity index (χ0) is 15.4. The average Bonchev–Trinajstić information content (AvgIpc) is 2.45. The summed E-state index contributed by atoms with van der Waals surface area (Å²) < 4.78 is 26.4. The molecular weight excluding hydrogens is 282 g/mol. The number of hydrogen-bond donors (Lipinski definition) is 3. The van der Waals surface area contributed by atoms with E-state index in [0.717, 1.165) is 0 Å². The van der Waals surface area contributed by atoms with Crippen LogP contribution in [0.5, 0.6) is 0 Å². The van der Waals surface area contributed by atoms with Crippen molar-refractivity contribution in [1.29, 1.82) is 0 Å². The first kappa shape index (κ1) is 16.6. The standard InChI is InChI=1S/C13H19NO5S/c1-3-13(17,4-2)9-14-20(18,19)11-7-5-10(6-8-11)12(15)16/h5-8,14,17H,3-4,9H2,1-2H3,(H,15,16). The molecule has 0 saturated carbocycles. The second-order valence-corrected chi connectivity index (χ2v) is 6.35. The molecule has 1 rings (SSSR count). The number of hydrogen-bond acceptors (Lipinski definition) is 4. The normalized spacial score (nSPS) is 12.3. The Hall–Kier alpha value is -1.44. The summed E-state index contributed by atoms with van der Waals surface area (Å²) in [6, 6.07) is 4.90. The fraction of sp³-hybridized carbons (Fsp3) is 0.462. The second-order valence-electron chi connectivity index (χ2n) is 4.59. The minimum Gasteiger partial charge on any atom is -0.478 e. The first-order valence-electron chi connectivity index (χ1n) is 6.29. The lowest BCUT2D eigenvalue weighted by Gasteiger charge is -2.25. The minimum absolute atomic E-state index is 0.0163. The van der Waals surface area contributed by atoms with Gasteiger partial charge in [0.2, 0.25) is 10.0 Å². The van der Waals surface area contributed by atoms with E-state index in [1.54, 1.807) is 13.8 Å². The third kappa shape index (κ3) is 4.03. The Labute approximate surface area is 118 Å². The molecule has 0 aliphatic rings. The van der Waals surface area contributed by atoms with Gasteiger partial charge in [0.15, 0.2) is 0 Å². The van der Waals surface area contributed by atoms with E-state index in [1.807, 2.05) is 0 Å². The SMILES string of the molecule is CCC(O)(CC)CNS(=O)(=O)c1ccc(C(=O)O)cc1. The van der Waals surface area contributed by atoms with E-state index in [1.165, 1.54) is 24.3 Å². The summed E-state index contributed by atoms with van der Waals surface area (Å²) >= 11 is 0. The molecule has 0 saturated heterocycles. The maximum absolute atomic E-state index is 12.0. The van der Waals surface area contributed by atoms with Crippen molar-refractivity contribution >= 4 is 16.0 Å². The van der Waals surface area contributed by atoms with Crippen molar-refractivity contribution in [1.82, 2.24) is 4.72 Å². The first-order chi connectivity index (χ1) is 9.24. The summed E-state index contributed by atoms with van der Waals surface area (Å²) in [5, 5.41) is 18.8.